The van der Waals surface area contributed by atoms with Gasteiger partial charge in [-0.1, -0.05) is 13.8 Å². The molecule has 7 heteroatoms. The Hall–Kier alpha value is -3.48. The maximum atomic E-state index is 13.4. The Bertz CT molecular complexity index is 1160. The van der Waals surface area contributed by atoms with Crippen LogP contribution in [0.1, 0.15) is 25.5 Å². The number of imidazole rings is 1. The van der Waals surface area contributed by atoms with Crippen LogP contribution in [-0.2, 0) is 11.8 Å². The van der Waals surface area contributed by atoms with Gasteiger partial charge in [0.05, 0.1) is 17.6 Å². The van der Waals surface area contributed by atoms with Crippen LogP contribution < -0.4 is 5.32 Å². The van der Waals surface area contributed by atoms with Crippen LogP contribution in [0.2, 0.25) is 0 Å². The molecule has 0 saturated carbocycles. The summed E-state index contributed by atoms with van der Waals surface area (Å²) >= 11 is 0. The average molecular weight is 377 g/mol. The van der Waals surface area contributed by atoms with Crippen LogP contribution in [0, 0.1) is 5.82 Å². The predicted octanol–water partition coefficient (Wildman–Crippen LogP) is 4.23. The lowest BCUT2D eigenvalue weighted by molar-refractivity contribution is -0.105. The highest BCUT2D eigenvalue weighted by atomic mass is 19.1. The Morgan fingerprint density at radius 1 is 1.11 bits per heavy atom. The van der Waals surface area contributed by atoms with Crippen LogP contribution in [0.25, 0.3) is 28.0 Å². The van der Waals surface area contributed by atoms with Gasteiger partial charge in [0.2, 0.25) is 6.41 Å². The Morgan fingerprint density at radius 2 is 1.82 bits per heavy atom. The number of hydrogen-bond donors (Lipinski definition) is 1. The summed E-state index contributed by atoms with van der Waals surface area (Å²) in [6, 6.07) is 10.3. The number of benzene rings is 1. The molecule has 0 bridgehead atoms. The van der Waals surface area contributed by atoms with Crippen LogP contribution in [0.5, 0.6) is 0 Å². The average Bonchev–Trinajstić information content (AvgIpc) is 3.23. The van der Waals surface area contributed by atoms with E-state index in [1.165, 1.54) is 12.1 Å². The largest absolute Gasteiger partial charge is 0.313 e. The summed E-state index contributed by atoms with van der Waals surface area (Å²) in [6.45, 7) is 4.19. The minimum Gasteiger partial charge on any atom is -0.313 e. The maximum Gasteiger partial charge on any atom is 0.212 e. The van der Waals surface area contributed by atoms with Gasteiger partial charge in [0, 0.05) is 29.9 Å². The second-order valence-corrected chi connectivity index (χ2v) is 6.95. The maximum absolute atomic E-state index is 13.4. The third-order valence-corrected chi connectivity index (χ3v) is 4.74. The molecule has 4 aromatic rings. The van der Waals surface area contributed by atoms with E-state index in [-0.39, 0.29) is 11.7 Å². The molecule has 0 atom stereocenters. The number of anilines is 1. The lowest BCUT2D eigenvalue weighted by atomic mass is 9.95. The van der Waals surface area contributed by atoms with E-state index in [1.807, 2.05) is 34.5 Å². The second kappa shape index (κ2) is 6.92. The zero-order valence-electron chi connectivity index (χ0n) is 15.8. The molecule has 6 nitrogen and oxygen atoms in total. The van der Waals surface area contributed by atoms with E-state index in [0.717, 1.165) is 33.7 Å². The molecule has 0 spiro atoms. The van der Waals surface area contributed by atoms with Gasteiger partial charge < -0.3 is 5.32 Å². The van der Waals surface area contributed by atoms with Crippen LogP contribution in [0.15, 0.2) is 48.8 Å². The fourth-order valence-electron chi connectivity index (χ4n) is 3.47. The number of carbonyl (C=O) groups is 1. The fraction of sp³-hybridized carbons (Fsp3) is 0.190. The number of amides is 1. The first-order valence-corrected chi connectivity index (χ1v) is 9.00. The van der Waals surface area contributed by atoms with E-state index in [4.69, 9.17) is 5.10 Å². The number of halogens is 1. The van der Waals surface area contributed by atoms with E-state index in [2.05, 4.69) is 24.1 Å². The third kappa shape index (κ3) is 2.94. The lowest BCUT2D eigenvalue weighted by Crippen LogP contribution is -1.99. The number of nitrogens with one attached hydrogen (secondary N) is 1. The van der Waals surface area contributed by atoms with Gasteiger partial charge in [-0.05, 0) is 42.3 Å². The van der Waals surface area contributed by atoms with Crippen LogP contribution in [-0.4, -0.2) is 25.6 Å². The van der Waals surface area contributed by atoms with Crippen molar-refractivity contribution in [3.8, 4) is 22.4 Å². The molecule has 142 valence electrons. The first kappa shape index (κ1) is 17.9. The van der Waals surface area contributed by atoms with Gasteiger partial charge >= 0.3 is 0 Å². The summed E-state index contributed by atoms with van der Waals surface area (Å²) in [4.78, 5) is 15.2. The van der Waals surface area contributed by atoms with Crippen molar-refractivity contribution in [3.05, 3.63) is 60.3 Å². The molecule has 4 rings (SSSR count). The standard InChI is InChI=1S/C21H20FN5O/c1-13(2)20-19(21(26(3)25-20)14-4-7-16(22)8-5-14)15-6-9-17-23-10-18(24-12-28)27(17)11-15/h4-13H,1-3H3,(H,24,28). The van der Waals surface area contributed by atoms with E-state index >= 15 is 0 Å². The summed E-state index contributed by atoms with van der Waals surface area (Å²) in [6.07, 6.45) is 4.18. The number of nitrogens with zero attached hydrogens (tertiary/aromatic N) is 4. The first-order chi connectivity index (χ1) is 13.5. The van der Waals surface area contributed by atoms with Crippen molar-refractivity contribution < 1.29 is 9.18 Å². The number of pyridine rings is 1. The molecule has 1 aromatic carbocycles. The molecule has 0 radical (unpaired) electrons. The van der Waals surface area contributed by atoms with Gasteiger partial charge in [-0.2, -0.15) is 5.10 Å². The Kier molecular flexibility index (Phi) is 4.43. The number of aryl methyl sites for hydroxylation is 1. The molecule has 0 aliphatic rings. The zero-order chi connectivity index (χ0) is 19.8. The second-order valence-electron chi connectivity index (χ2n) is 6.95. The number of rotatable bonds is 5. The SMILES string of the molecule is CC(C)c1nn(C)c(-c2ccc(F)cc2)c1-c1ccc2ncc(NC=O)n2c1. The predicted molar refractivity (Wildman–Crippen MR) is 107 cm³/mol. The fourth-order valence-corrected chi connectivity index (χ4v) is 3.47. The first-order valence-electron chi connectivity index (χ1n) is 9.00. The molecule has 3 heterocycles. The molecule has 3 aromatic heterocycles. The van der Waals surface area contributed by atoms with Gasteiger partial charge in [0.1, 0.15) is 17.3 Å². The minimum atomic E-state index is -0.277. The molecular formula is C21H20FN5O. The molecule has 28 heavy (non-hydrogen) atoms. The molecule has 0 aliphatic heterocycles. The normalized spacial score (nSPS) is 11.3. The summed E-state index contributed by atoms with van der Waals surface area (Å²) in [7, 11) is 1.89. The highest BCUT2D eigenvalue weighted by molar-refractivity contribution is 5.84. The van der Waals surface area contributed by atoms with Gasteiger partial charge in [0.25, 0.3) is 0 Å². The van der Waals surface area contributed by atoms with Crippen molar-refractivity contribution in [1.82, 2.24) is 19.2 Å². The van der Waals surface area contributed by atoms with Crippen LogP contribution in [0.3, 0.4) is 0 Å². The highest BCUT2D eigenvalue weighted by Gasteiger charge is 2.22. The van der Waals surface area contributed by atoms with Gasteiger partial charge in [0.15, 0.2) is 0 Å². The van der Waals surface area contributed by atoms with E-state index < -0.39 is 0 Å². The van der Waals surface area contributed by atoms with Gasteiger partial charge in [-0.15, -0.1) is 0 Å². The van der Waals surface area contributed by atoms with Crippen molar-refractivity contribution in [2.75, 3.05) is 5.32 Å². The van der Waals surface area contributed by atoms with Crippen molar-refractivity contribution in [2.24, 2.45) is 7.05 Å². The minimum absolute atomic E-state index is 0.196. The monoisotopic (exact) mass is 377 g/mol. The van der Waals surface area contributed by atoms with Crippen LogP contribution >= 0.6 is 0 Å². The van der Waals surface area contributed by atoms with E-state index in [9.17, 15) is 9.18 Å². The third-order valence-electron chi connectivity index (χ3n) is 4.74. The molecule has 1 N–H and O–H groups in total. The van der Waals surface area contributed by atoms with Crippen molar-refractivity contribution >= 4 is 17.9 Å². The molecule has 0 aliphatic carbocycles. The van der Waals surface area contributed by atoms with Crippen molar-refractivity contribution in [2.45, 2.75) is 19.8 Å². The van der Waals surface area contributed by atoms with E-state index in [0.29, 0.717) is 12.2 Å². The Balaban J connectivity index is 1.98. The summed E-state index contributed by atoms with van der Waals surface area (Å²) in [5.41, 5.74) is 5.40. The van der Waals surface area contributed by atoms with Crippen molar-refractivity contribution in [3.63, 3.8) is 0 Å². The highest BCUT2D eigenvalue weighted by Crippen LogP contribution is 2.38. The molecule has 0 fully saturated rings. The number of carbonyl (C=O) groups excluding carboxylic acids is 1. The number of aromatic nitrogens is 4. The van der Waals surface area contributed by atoms with E-state index in [1.54, 1.807) is 18.3 Å². The molecule has 1 amide bonds. The topological polar surface area (TPSA) is 64.2 Å². The zero-order valence-corrected chi connectivity index (χ0v) is 15.8. The van der Waals surface area contributed by atoms with Gasteiger partial charge in [-0.25, -0.2) is 9.37 Å². The molecular weight excluding hydrogens is 357 g/mol. The van der Waals surface area contributed by atoms with Crippen LogP contribution in [0.4, 0.5) is 10.2 Å². The Morgan fingerprint density at radius 3 is 2.50 bits per heavy atom. The van der Waals surface area contributed by atoms with Crippen molar-refractivity contribution in [1.29, 1.82) is 0 Å². The van der Waals surface area contributed by atoms with Gasteiger partial charge in [-0.3, -0.25) is 13.9 Å². The summed E-state index contributed by atoms with van der Waals surface area (Å²) in [5, 5.41) is 7.40. The Labute approximate surface area is 161 Å². The molecule has 0 saturated heterocycles. The molecule has 0 unspecified atom stereocenters. The quantitative estimate of drug-likeness (QED) is 0.529. The summed E-state index contributed by atoms with van der Waals surface area (Å²) in [5.74, 6) is 0.507. The lowest BCUT2D eigenvalue weighted by Gasteiger charge is -2.11. The number of hydrogen-bond acceptors (Lipinski definition) is 3. The smallest absolute Gasteiger partial charge is 0.212 e. The summed E-state index contributed by atoms with van der Waals surface area (Å²) < 4.78 is 17.1. The number of fused-ring (bicyclic) bond motifs is 1.